The molecule has 2 aromatic carbocycles. The van der Waals surface area contributed by atoms with Crippen LogP contribution in [0.2, 0.25) is 15.1 Å². The molecule has 3 nitrogen and oxygen atoms in total. The molecule has 2 N–H and O–H groups in total. The van der Waals surface area contributed by atoms with Crippen molar-refractivity contribution in [3.63, 3.8) is 0 Å². The molecule has 0 unspecified atom stereocenters. The van der Waals surface area contributed by atoms with Gasteiger partial charge >= 0.3 is 0 Å². The fourth-order valence-electron chi connectivity index (χ4n) is 1.78. The minimum atomic E-state index is -0.180. The van der Waals surface area contributed by atoms with Gasteiger partial charge in [0.15, 0.2) is 0 Å². The maximum atomic E-state index is 11.8. The number of hydrogen-bond donors (Lipinski definition) is 2. The van der Waals surface area contributed by atoms with Crippen molar-refractivity contribution in [2.24, 2.45) is 0 Å². The summed E-state index contributed by atoms with van der Waals surface area (Å²) in [5, 5.41) is 7.37. The fourth-order valence-corrected chi connectivity index (χ4v) is 2.51. The third-order valence-corrected chi connectivity index (χ3v) is 3.51. The summed E-state index contributed by atoms with van der Waals surface area (Å²) in [4.78, 5) is 11.8. The highest BCUT2D eigenvalue weighted by Crippen LogP contribution is 2.22. The predicted octanol–water partition coefficient (Wildman–Crippen LogP) is 4.38. The molecule has 0 spiro atoms. The highest BCUT2D eigenvalue weighted by atomic mass is 35.5. The lowest BCUT2D eigenvalue weighted by Crippen LogP contribution is -2.27. The standard InChI is InChI=1S/C15H13Cl3N2O/c16-11-5-12(17)7-13(6-11)20-15(21)9-19-8-10-3-1-2-4-14(10)18/h1-7,19H,8-9H2,(H,20,21). The molecule has 0 heterocycles. The van der Waals surface area contributed by atoms with E-state index in [1.807, 2.05) is 24.3 Å². The number of hydrogen-bond acceptors (Lipinski definition) is 2. The van der Waals surface area contributed by atoms with Crippen molar-refractivity contribution in [1.29, 1.82) is 0 Å². The molecule has 0 atom stereocenters. The molecule has 0 aliphatic heterocycles. The Bertz CT molecular complexity index is 626. The van der Waals surface area contributed by atoms with Gasteiger partial charge in [-0.1, -0.05) is 53.0 Å². The molecular weight excluding hydrogens is 331 g/mol. The molecule has 0 bridgehead atoms. The first kappa shape index (κ1) is 16.1. The minimum absolute atomic E-state index is 0.162. The summed E-state index contributed by atoms with van der Waals surface area (Å²) >= 11 is 17.8. The Kier molecular flexibility index (Phi) is 5.88. The van der Waals surface area contributed by atoms with Crippen molar-refractivity contribution in [2.45, 2.75) is 6.54 Å². The van der Waals surface area contributed by atoms with E-state index in [2.05, 4.69) is 10.6 Å². The third kappa shape index (κ3) is 5.21. The van der Waals surface area contributed by atoms with Gasteiger partial charge in [0.25, 0.3) is 0 Å². The predicted molar refractivity (Wildman–Crippen MR) is 88.3 cm³/mol. The zero-order chi connectivity index (χ0) is 15.2. The summed E-state index contributed by atoms with van der Waals surface area (Å²) in [7, 11) is 0. The zero-order valence-corrected chi connectivity index (χ0v) is 13.3. The highest BCUT2D eigenvalue weighted by molar-refractivity contribution is 6.35. The van der Waals surface area contributed by atoms with Crippen molar-refractivity contribution >= 4 is 46.4 Å². The number of rotatable bonds is 5. The normalized spacial score (nSPS) is 10.4. The van der Waals surface area contributed by atoms with Crippen LogP contribution in [0, 0.1) is 0 Å². The van der Waals surface area contributed by atoms with Crippen LogP contribution in [0.25, 0.3) is 0 Å². The third-order valence-electron chi connectivity index (χ3n) is 2.71. The Balaban J connectivity index is 1.84. The van der Waals surface area contributed by atoms with Gasteiger partial charge in [0.05, 0.1) is 6.54 Å². The largest absolute Gasteiger partial charge is 0.325 e. The van der Waals surface area contributed by atoms with E-state index in [-0.39, 0.29) is 12.5 Å². The molecule has 0 fully saturated rings. The molecule has 0 aliphatic rings. The molecule has 0 radical (unpaired) electrons. The van der Waals surface area contributed by atoms with Gasteiger partial charge in [-0.25, -0.2) is 0 Å². The van der Waals surface area contributed by atoms with Crippen LogP contribution >= 0.6 is 34.8 Å². The second-order valence-electron chi connectivity index (χ2n) is 4.40. The van der Waals surface area contributed by atoms with Gasteiger partial charge in [0, 0.05) is 27.3 Å². The molecule has 0 aromatic heterocycles. The monoisotopic (exact) mass is 342 g/mol. The second kappa shape index (κ2) is 7.66. The van der Waals surface area contributed by atoms with Gasteiger partial charge in [-0.15, -0.1) is 0 Å². The second-order valence-corrected chi connectivity index (χ2v) is 5.68. The lowest BCUT2D eigenvalue weighted by atomic mass is 10.2. The smallest absolute Gasteiger partial charge is 0.238 e. The van der Waals surface area contributed by atoms with E-state index in [0.29, 0.717) is 27.3 Å². The number of anilines is 1. The van der Waals surface area contributed by atoms with Crippen LogP contribution < -0.4 is 10.6 Å². The van der Waals surface area contributed by atoms with Crippen molar-refractivity contribution in [3.05, 3.63) is 63.1 Å². The van der Waals surface area contributed by atoms with Crippen molar-refractivity contribution in [3.8, 4) is 0 Å². The number of carbonyl (C=O) groups is 1. The number of benzene rings is 2. The van der Waals surface area contributed by atoms with Gasteiger partial charge in [0.2, 0.25) is 5.91 Å². The Morgan fingerprint density at radius 1 is 1.00 bits per heavy atom. The first-order valence-electron chi connectivity index (χ1n) is 6.24. The van der Waals surface area contributed by atoms with E-state index in [9.17, 15) is 4.79 Å². The molecule has 110 valence electrons. The molecule has 2 rings (SSSR count). The number of halogens is 3. The topological polar surface area (TPSA) is 41.1 Å². The number of amides is 1. The van der Waals surface area contributed by atoms with Gasteiger partial charge < -0.3 is 10.6 Å². The van der Waals surface area contributed by atoms with Crippen LogP contribution in [0.1, 0.15) is 5.56 Å². The maximum absolute atomic E-state index is 11.8. The Hall–Kier alpha value is -1.26. The van der Waals surface area contributed by atoms with Crippen molar-refractivity contribution in [2.75, 3.05) is 11.9 Å². The summed E-state index contributed by atoms with van der Waals surface area (Å²) in [6.07, 6.45) is 0. The van der Waals surface area contributed by atoms with E-state index in [4.69, 9.17) is 34.8 Å². The van der Waals surface area contributed by atoms with Crippen LogP contribution in [-0.2, 0) is 11.3 Å². The number of carbonyl (C=O) groups excluding carboxylic acids is 1. The maximum Gasteiger partial charge on any atom is 0.238 e. The minimum Gasteiger partial charge on any atom is -0.325 e. The first-order chi connectivity index (χ1) is 10.0. The number of nitrogens with one attached hydrogen (secondary N) is 2. The van der Waals surface area contributed by atoms with Gasteiger partial charge in [-0.05, 0) is 29.8 Å². The average Bonchev–Trinajstić information content (AvgIpc) is 2.39. The first-order valence-corrected chi connectivity index (χ1v) is 7.38. The summed E-state index contributed by atoms with van der Waals surface area (Å²) in [6.45, 7) is 0.679. The van der Waals surface area contributed by atoms with Crippen LogP contribution in [0.4, 0.5) is 5.69 Å². The molecule has 21 heavy (non-hydrogen) atoms. The lowest BCUT2D eigenvalue weighted by Gasteiger charge is -2.08. The Morgan fingerprint density at radius 2 is 1.67 bits per heavy atom. The lowest BCUT2D eigenvalue weighted by molar-refractivity contribution is -0.115. The van der Waals surface area contributed by atoms with Crippen LogP contribution in [0.5, 0.6) is 0 Å². The summed E-state index contributed by atoms with van der Waals surface area (Å²) < 4.78 is 0. The van der Waals surface area contributed by atoms with Gasteiger partial charge in [0.1, 0.15) is 0 Å². The van der Waals surface area contributed by atoms with E-state index in [1.54, 1.807) is 18.2 Å². The van der Waals surface area contributed by atoms with Gasteiger partial charge in [-0.2, -0.15) is 0 Å². The highest BCUT2D eigenvalue weighted by Gasteiger charge is 2.05. The fraction of sp³-hybridized carbons (Fsp3) is 0.133. The molecule has 0 saturated carbocycles. The van der Waals surface area contributed by atoms with Gasteiger partial charge in [-0.3, -0.25) is 4.79 Å². The molecular formula is C15H13Cl3N2O. The Labute approximate surface area is 138 Å². The summed E-state index contributed by atoms with van der Waals surface area (Å²) in [6, 6.07) is 12.4. The van der Waals surface area contributed by atoms with E-state index < -0.39 is 0 Å². The van der Waals surface area contributed by atoms with Crippen molar-refractivity contribution in [1.82, 2.24) is 5.32 Å². The van der Waals surface area contributed by atoms with Crippen LogP contribution in [0.15, 0.2) is 42.5 Å². The van der Waals surface area contributed by atoms with E-state index in [0.717, 1.165) is 5.56 Å². The molecule has 1 amide bonds. The SMILES string of the molecule is O=C(CNCc1ccccc1Cl)Nc1cc(Cl)cc(Cl)c1. The molecule has 6 heteroatoms. The summed E-state index contributed by atoms with van der Waals surface area (Å²) in [5.41, 5.74) is 1.51. The van der Waals surface area contributed by atoms with Crippen LogP contribution in [0.3, 0.4) is 0 Å². The quantitative estimate of drug-likeness (QED) is 0.846. The molecule has 2 aromatic rings. The van der Waals surface area contributed by atoms with Crippen molar-refractivity contribution < 1.29 is 4.79 Å². The molecule has 0 aliphatic carbocycles. The summed E-state index contributed by atoms with van der Waals surface area (Å²) in [5.74, 6) is -0.180. The van der Waals surface area contributed by atoms with Crippen LogP contribution in [-0.4, -0.2) is 12.5 Å². The van der Waals surface area contributed by atoms with E-state index in [1.165, 1.54) is 0 Å². The molecule has 0 saturated heterocycles. The zero-order valence-electron chi connectivity index (χ0n) is 11.0. The Morgan fingerprint density at radius 3 is 2.33 bits per heavy atom. The van der Waals surface area contributed by atoms with E-state index >= 15 is 0 Å². The average molecular weight is 344 g/mol.